The molecule has 1 saturated carbocycles. The van der Waals surface area contributed by atoms with Gasteiger partial charge in [0, 0.05) is 31.3 Å². The summed E-state index contributed by atoms with van der Waals surface area (Å²) in [7, 11) is 1.74. The maximum absolute atomic E-state index is 14.5. The highest BCUT2D eigenvalue weighted by Crippen LogP contribution is 2.53. The lowest BCUT2D eigenvalue weighted by Gasteiger charge is -2.19. The highest BCUT2D eigenvalue weighted by molar-refractivity contribution is 6.10. The lowest BCUT2D eigenvalue weighted by molar-refractivity contribution is -0.138. The summed E-state index contributed by atoms with van der Waals surface area (Å²) in [4.78, 5) is 34.2. The van der Waals surface area contributed by atoms with Crippen LogP contribution in [0.4, 0.5) is 24.8 Å². The smallest absolute Gasteiger partial charge is 0.317 e. The third-order valence-corrected chi connectivity index (χ3v) is 9.29. The van der Waals surface area contributed by atoms with Crippen molar-refractivity contribution >= 4 is 23.5 Å². The van der Waals surface area contributed by atoms with Gasteiger partial charge in [0.15, 0.2) is 5.82 Å². The first kappa shape index (κ1) is 31.0. The first-order valence-electron chi connectivity index (χ1n) is 15.3. The number of amides is 2. The third kappa shape index (κ3) is 5.75. The van der Waals surface area contributed by atoms with Crippen LogP contribution in [-0.2, 0) is 31.1 Å². The molecule has 1 saturated heterocycles. The van der Waals surface area contributed by atoms with E-state index in [1.54, 1.807) is 41.9 Å². The number of nitrogens with zero attached hydrogens (tertiary/aromatic N) is 8. The van der Waals surface area contributed by atoms with Gasteiger partial charge in [-0.15, -0.1) is 10.2 Å². The number of pyridine rings is 1. The number of alkyl halides is 3. The SMILES string of the molecule is Cn1cnnc1-c1ccc(C#N)cc1-c1cc(NC(=O)CC#N)nc(N2Cc3c(cc(CN4CCC5(CC5)C4)cc3C(F)(F)F)C2=O)c1. The van der Waals surface area contributed by atoms with Gasteiger partial charge < -0.3 is 9.88 Å². The minimum atomic E-state index is -4.70. The number of benzene rings is 2. The summed E-state index contributed by atoms with van der Waals surface area (Å²) in [6.07, 6.45) is -0.362. The average molecular weight is 652 g/mol. The number of aryl methyl sites for hydroxylation is 1. The number of aromatic nitrogens is 4. The second-order valence-electron chi connectivity index (χ2n) is 12.6. The van der Waals surface area contributed by atoms with Crippen molar-refractivity contribution in [2.75, 3.05) is 23.3 Å². The zero-order valence-electron chi connectivity index (χ0n) is 25.8. The van der Waals surface area contributed by atoms with E-state index in [2.05, 4.69) is 31.5 Å². The molecule has 1 spiro atoms. The number of hydrogen-bond acceptors (Lipinski definition) is 8. The van der Waals surface area contributed by atoms with Crippen molar-refractivity contribution in [2.24, 2.45) is 12.5 Å². The molecule has 14 heteroatoms. The van der Waals surface area contributed by atoms with E-state index < -0.39 is 36.5 Å². The van der Waals surface area contributed by atoms with Gasteiger partial charge in [-0.25, -0.2) is 4.98 Å². The Bertz CT molecular complexity index is 2070. The van der Waals surface area contributed by atoms with Crippen molar-refractivity contribution in [2.45, 2.75) is 44.9 Å². The standard InChI is InChI=1S/C34H28F3N9O2/c1-44-19-40-43-31(44)23-3-2-20(15-39)10-24(23)22-13-28(42-30(47)4-8-38)41-29(14-22)46-17-26-25(32(46)48)11-21(12-27(26)34(35,36)37)16-45-9-7-33(18-45)5-6-33/h2-3,10-14,19H,4-7,9,16-18H2,1H3,(H,41,42,47). The summed E-state index contributed by atoms with van der Waals surface area (Å²) in [5, 5.41) is 29.4. The fraction of sp³-hybridized carbons (Fsp3) is 0.324. The van der Waals surface area contributed by atoms with Crippen LogP contribution < -0.4 is 10.2 Å². The van der Waals surface area contributed by atoms with Crippen LogP contribution in [0.3, 0.4) is 0 Å². The van der Waals surface area contributed by atoms with Gasteiger partial charge in [-0.05, 0) is 95.9 Å². The zero-order valence-corrected chi connectivity index (χ0v) is 25.8. The second kappa shape index (κ2) is 11.6. The van der Waals surface area contributed by atoms with E-state index in [1.165, 1.54) is 18.5 Å². The average Bonchev–Trinajstić information content (AvgIpc) is 3.31. The maximum Gasteiger partial charge on any atom is 0.416 e. The minimum Gasteiger partial charge on any atom is -0.317 e. The van der Waals surface area contributed by atoms with Crippen molar-refractivity contribution in [3.63, 3.8) is 0 Å². The van der Waals surface area contributed by atoms with Crippen LogP contribution in [0.15, 0.2) is 48.8 Å². The van der Waals surface area contributed by atoms with Crippen LogP contribution in [0.1, 0.15) is 58.3 Å². The largest absolute Gasteiger partial charge is 0.416 e. The van der Waals surface area contributed by atoms with Gasteiger partial charge in [0.1, 0.15) is 24.4 Å². The van der Waals surface area contributed by atoms with Gasteiger partial charge in [0.05, 0.1) is 29.8 Å². The maximum atomic E-state index is 14.5. The molecule has 2 aromatic heterocycles. The van der Waals surface area contributed by atoms with Crippen molar-refractivity contribution in [3.8, 4) is 34.7 Å². The summed E-state index contributed by atoms with van der Waals surface area (Å²) in [5.41, 5.74) is 1.40. The number of nitriles is 2. The van der Waals surface area contributed by atoms with Crippen LogP contribution in [0, 0.1) is 28.1 Å². The molecule has 1 N–H and O–H groups in total. The lowest BCUT2D eigenvalue weighted by Crippen LogP contribution is -2.25. The van der Waals surface area contributed by atoms with Crippen LogP contribution in [0.5, 0.6) is 0 Å². The lowest BCUT2D eigenvalue weighted by atomic mass is 9.97. The van der Waals surface area contributed by atoms with E-state index in [4.69, 9.17) is 5.26 Å². The second-order valence-corrected chi connectivity index (χ2v) is 12.6. The molecular weight excluding hydrogens is 623 g/mol. The molecule has 11 nitrogen and oxygen atoms in total. The molecule has 48 heavy (non-hydrogen) atoms. The van der Waals surface area contributed by atoms with E-state index in [1.807, 2.05) is 0 Å². The molecule has 242 valence electrons. The number of carbonyl (C=O) groups is 2. The number of carbonyl (C=O) groups excluding carboxylic acids is 2. The fourth-order valence-corrected chi connectivity index (χ4v) is 6.71. The normalized spacial score (nSPS) is 16.5. The third-order valence-electron chi connectivity index (χ3n) is 9.29. The van der Waals surface area contributed by atoms with Crippen molar-refractivity contribution < 1.29 is 22.8 Å². The van der Waals surface area contributed by atoms with E-state index in [0.29, 0.717) is 45.6 Å². The molecule has 0 unspecified atom stereocenters. The molecule has 2 amide bonds. The fourth-order valence-electron chi connectivity index (χ4n) is 6.71. The van der Waals surface area contributed by atoms with Crippen LogP contribution in [0.25, 0.3) is 22.5 Å². The molecule has 0 radical (unpaired) electrons. The monoisotopic (exact) mass is 651 g/mol. The summed E-state index contributed by atoms with van der Waals surface area (Å²) >= 11 is 0. The highest BCUT2D eigenvalue weighted by Gasteiger charge is 2.48. The molecule has 4 heterocycles. The van der Waals surface area contributed by atoms with Crippen molar-refractivity contribution in [1.82, 2.24) is 24.6 Å². The minimum absolute atomic E-state index is 0.0165. The summed E-state index contributed by atoms with van der Waals surface area (Å²) in [6, 6.07) is 14.5. The van der Waals surface area contributed by atoms with E-state index in [-0.39, 0.29) is 22.8 Å². The molecule has 7 rings (SSSR count). The molecule has 2 aromatic carbocycles. The number of anilines is 2. The molecular formula is C34H28F3N9O2. The molecule has 4 aromatic rings. The Morgan fingerprint density at radius 2 is 1.88 bits per heavy atom. The summed E-state index contributed by atoms with van der Waals surface area (Å²) < 4.78 is 45.2. The van der Waals surface area contributed by atoms with Gasteiger partial charge in [0.25, 0.3) is 5.91 Å². The molecule has 1 aliphatic carbocycles. The predicted octanol–water partition coefficient (Wildman–Crippen LogP) is 5.43. The number of fused-ring (bicyclic) bond motifs is 1. The van der Waals surface area contributed by atoms with Crippen LogP contribution in [-0.4, -0.2) is 49.6 Å². The Labute approximate surface area is 273 Å². The van der Waals surface area contributed by atoms with Gasteiger partial charge in [-0.1, -0.05) is 0 Å². The molecule has 2 fully saturated rings. The molecule has 3 aliphatic rings. The Hall–Kier alpha value is -5.60. The quantitative estimate of drug-likeness (QED) is 0.279. The molecule has 2 aliphatic heterocycles. The first-order chi connectivity index (χ1) is 23.0. The Morgan fingerprint density at radius 1 is 1.06 bits per heavy atom. The van der Waals surface area contributed by atoms with Gasteiger partial charge in [-0.2, -0.15) is 23.7 Å². The van der Waals surface area contributed by atoms with Gasteiger partial charge in [0.2, 0.25) is 5.91 Å². The number of hydrogen-bond donors (Lipinski definition) is 1. The van der Waals surface area contributed by atoms with Crippen LogP contribution in [0.2, 0.25) is 0 Å². The highest BCUT2D eigenvalue weighted by atomic mass is 19.4. The number of likely N-dealkylation sites (tertiary alicyclic amines) is 1. The van der Waals surface area contributed by atoms with Crippen molar-refractivity contribution in [1.29, 1.82) is 10.5 Å². The van der Waals surface area contributed by atoms with E-state index >= 15 is 0 Å². The topological polar surface area (TPSA) is 144 Å². The predicted molar refractivity (Wildman–Crippen MR) is 167 cm³/mol. The van der Waals surface area contributed by atoms with Gasteiger partial charge >= 0.3 is 6.18 Å². The molecule has 0 bridgehead atoms. The zero-order chi connectivity index (χ0) is 33.8. The number of nitrogens with one attached hydrogen (secondary N) is 1. The number of halogens is 3. The first-order valence-corrected chi connectivity index (χ1v) is 15.3. The van der Waals surface area contributed by atoms with Crippen molar-refractivity contribution in [3.05, 3.63) is 76.6 Å². The summed E-state index contributed by atoms with van der Waals surface area (Å²) in [6.45, 7) is 1.56. The summed E-state index contributed by atoms with van der Waals surface area (Å²) in [5.74, 6) is -0.909. The Kier molecular flexibility index (Phi) is 7.48. The Balaban J connectivity index is 1.31. The van der Waals surface area contributed by atoms with E-state index in [9.17, 15) is 28.0 Å². The van der Waals surface area contributed by atoms with Gasteiger partial charge in [-0.3, -0.25) is 19.4 Å². The number of rotatable bonds is 7. The van der Waals surface area contributed by atoms with E-state index in [0.717, 1.165) is 43.3 Å². The van der Waals surface area contributed by atoms with Crippen LogP contribution >= 0.6 is 0 Å². The molecule has 0 atom stereocenters. The Morgan fingerprint density at radius 3 is 2.54 bits per heavy atom.